The van der Waals surface area contributed by atoms with Crippen LogP contribution in [0.4, 0.5) is 0 Å². The third-order valence-electron chi connectivity index (χ3n) is 11.8. The standard InChI is InChI=1S/C53H100O6/c1-4-7-10-13-15-17-19-21-23-25-26-28-29-31-33-35-37-40-43-46-52(55)58-49-50(48-57-51(54)45-42-39-12-9-6-3)59-53(56)47-44-41-38-36-34-32-30-27-24-22-20-18-16-14-11-8-5-2/h22,24,50H,4-21,23,25-49H2,1-3H3/b24-22-. The maximum Gasteiger partial charge on any atom is 0.306 e. The zero-order valence-electron chi connectivity index (χ0n) is 39.8. The van der Waals surface area contributed by atoms with Crippen LogP contribution in [0.2, 0.25) is 0 Å². The van der Waals surface area contributed by atoms with Gasteiger partial charge < -0.3 is 14.2 Å². The summed E-state index contributed by atoms with van der Waals surface area (Å²) in [7, 11) is 0. The molecule has 0 aromatic carbocycles. The predicted octanol–water partition coefficient (Wildman–Crippen LogP) is 17.0. The molecule has 1 atom stereocenters. The molecule has 0 heterocycles. The smallest absolute Gasteiger partial charge is 0.306 e. The third kappa shape index (κ3) is 47.1. The molecule has 6 nitrogen and oxygen atoms in total. The number of hydrogen-bond donors (Lipinski definition) is 0. The molecule has 0 radical (unpaired) electrons. The van der Waals surface area contributed by atoms with Gasteiger partial charge in [0.15, 0.2) is 6.10 Å². The van der Waals surface area contributed by atoms with Gasteiger partial charge in [-0.3, -0.25) is 14.4 Å². The van der Waals surface area contributed by atoms with Gasteiger partial charge in [0.2, 0.25) is 0 Å². The molecule has 0 fully saturated rings. The highest BCUT2D eigenvalue weighted by Crippen LogP contribution is 2.16. The van der Waals surface area contributed by atoms with E-state index in [2.05, 4.69) is 32.9 Å². The first-order valence-electron chi connectivity index (χ1n) is 26.2. The first-order chi connectivity index (χ1) is 29.0. The minimum Gasteiger partial charge on any atom is -0.462 e. The number of allylic oxidation sites excluding steroid dienone is 2. The topological polar surface area (TPSA) is 78.9 Å². The number of carbonyl (C=O) groups excluding carboxylic acids is 3. The van der Waals surface area contributed by atoms with E-state index in [1.807, 2.05) is 0 Å². The van der Waals surface area contributed by atoms with E-state index < -0.39 is 6.10 Å². The average Bonchev–Trinajstić information content (AvgIpc) is 3.23. The van der Waals surface area contributed by atoms with E-state index in [4.69, 9.17) is 14.2 Å². The van der Waals surface area contributed by atoms with E-state index in [1.165, 1.54) is 186 Å². The lowest BCUT2D eigenvalue weighted by molar-refractivity contribution is -0.167. The minimum absolute atomic E-state index is 0.0677. The van der Waals surface area contributed by atoms with Gasteiger partial charge >= 0.3 is 17.9 Å². The van der Waals surface area contributed by atoms with Crippen LogP contribution in [0.3, 0.4) is 0 Å². The Bertz CT molecular complexity index is 916. The van der Waals surface area contributed by atoms with Crippen molar-refractivity contribution < 1.29 is 28.6 Å². The zero-order valence-corrected chi connectivity index (χ0v) is 39.8. The predicted molar refractivity (Wildman–Crippen MR) is 252 cm³/mol. The molecule has 0 amide bonds. The molecule has 0 aliphatic heterocycles. The van der Waals surface area contributed by atoms with Crippen molar-refractivity contribution in [1.29, 1.82) is 0 Å². The number of carbonyl (C=O) groups is 3. The number of hydrogen-bond acceptors (Lipinski definition) is 6. The fourth-order valence-electron chi connectivity index (χ4n) is 7.79. The van der Waals surface area contributed by atoms with E-state index in [9.17, 15) is 14.4 Å². The van der Waals surface area contributed by atoms with Gasteiger partial charge in [-0.25, -0.2) is 0 Å². The summed E-state index contributed by atoms with van der Waals surface area (Å²) in [5.74, 6) is -0.871. The third-order valence-corrected chi connectivity index (χ3v) is 11.8. The van der Waals surface area contributed by atoms with Gasteiger partial charge in [0.25, 0.3) is 0 Å². The van der Waals surface area contributed by atoms with Crippen LogP contribution in [-0.2, 0) is 28.6 Å². The fourth-order valence-corrected chi connectivity index (χ4v) is 7.79. The molecule has 0 rings (SSSR count). The Labute approximate surface area is 367 Å². The van der Waals surface area contributed by atoms with Crippen molar-refractivity contribution >= 4 is 17.9 Å². The summed E-state index contributed by atoms with van der Waals surface area (Å²) >= 11 is 0. The van der Waals surface area contributed by atoms with Gasteiger partial charge in [-0.1, -0.05) is 238 Å². The number of ether oxygens (including phenoxy) is 3. The van der Waals surface area contributed by atoms with Crippen LogP contribution in [0, 0.1) is 0 Å². The zero-order chi connectivity index (χ0) is 43.0. The highest BCUT2D eigenvalue weighted by molar-refractivity contribution is 5.71. The van der Waals surface area contributed by atoms with Crippen molar-refractivity contribution in [3.63, 3.8) is 0 Å². The summed E-state index contributed by atoms with van der Waals surface area (Å²) in [6.07, 6.45) is 53.8. The van der Waals surface area contributed by atoms with E-state index in [1.54, 1.807) is 0 Å². The molecular formula is C53H100O6. The van der Waals surface area contributed by atoms with Crippen molar-refractivity contribution in [1.82, 2.24) is 0 Å². The minimum atomic E-state index is -0.763. The molecule has 0 aromatic rings. The van der Waals surface area contributed by atoms with Crippen molar-refractivity contribution in [2.75, 3.05) is 13.2 Å². The largest absolute Gasteiger partial charge is 0.462 e. The quantitative estimate of drug-likeness (QED) is 0.0263. The second-order valence-electron chi connectivity index (χ2n) is 17.8. The Balaban J connectivity index is 4.10. The van der Waals surface area contributed by atoms with E-state index in [-0.39, 0.29) is 31.1 Å². The van der Waals surface area contributed by atoms with Crippen LogP contribution in [0.1, 0.15) is 290 Å². The SMILES string of the molecule is CCCCCCCC/C=C\CCCCCCCCCC(=O)OC(COC(=O)CCCCCCC)COC(=O)CCCCCCCCCCCCCCCCCCCCC. The molecule has 1 unspecified atom stereocenters. The molecule has 0 spiro atoms. The Morgan fingerprint density at radius 1 is 0.322 bits per heavy atom. The van der Waals surface area contributed by atoms with Crippen molar-refractivity contribution in [3.05, 3.63) is 12.2 Å². The van der Waals surface area contributed by atoms with E-state index in [0.717, 1.165) is 64.2 Å². The maximum atomic E-state index is 12.7. The summed E-state index contributed by atoms with van der Waals surface area (Å²) < 4.78 is 16.7. The molecule has 0 bridgehead atoms. The van der Waals surface area contributed by atoms with Gasteiger partial charge in [-0.15, -0.1) is 0 Å². The first kappa shape index (κ1) is 57.1. The molecule has 59 heavy (non-hydrogen) atoms. The van der Waals surface area contributed by atoms with Crippen LogP contribution in [0.25, 0.3) is 0 Å². The van der Waals surface area contributed by atoms with Gasteiger partial charge in [0.1, 0.15) is 13.2 Å². The Hall–Kier alpha value is -1.85. The van der Waals surface area contributed by atoms with Gasteiger partial charge in [0, 0.05) is 19.3 Å². The second kappa shape index (κ2) is 48.8. The monoisotopic (exact) mass is 833 g/mol. The summed E-state index contributed by atoms with van der Waals surface area (Å²) in [4.78, 5) is 37.7. The van der Waals surface area contributed by atoms with Crippen molar-refractivity contribution in [2.24, 2.45) is 0 Å². The Kier molecular flexibility index (Phi) is 47.3. The number of esters is 3. The van der Waals surface area contributed by atoms with Crippen molar-refractivity contribution in [2.45, 2.75) is 297 Å². The van der Waals surface area contributed by atoms with Crippen LogP contribution < -0.4 is 0 Å². The Morgan fingerprint density at radius 3 is 0.847 bits per heavy atom. The number of rotatable bonds is 48. The summed E-state index contributed by atoms with van der Waals surface area (Å²) in [5, 5.41) is 0. The maximum absolute atomic E-state index is 12.7. The van der Waals surface area contributed by atoms with E-state index >= 15 is 0 Å². The molecular weight excluding hydrogens is 733 g/mol. The molecule has 0 aromatic heterocycles. The lowest BCUT2D eigenvalue weighted by Crippen LogP contribution is -2.30. The number of unbranched alkanes of at least 4 members (excludes halogenated alkanes) is 35. The molecule has 0 N–H and O–H groups in total. The summed E-state index contributed by atoms with van der Waals surface area (Å²) in [6, 6.07) is 0. The van der Waals surface area contributed by atoms with Gasteiger partial charge in [-0.2, -0.15) is 0 Å². The highest BCUT2D eigenvalue weighted by Gasteiger charge is 2.19. The van der Waals surface area contributed by atoms with Crippen LogP contribution in [-0.4, -0.2) is 37.2 Å². The molecule has 0 aliphatic carbocycles. The lowest BCUT2D eigenvalue weighted by Gasteiger charge is -2.18. The molecule has 0 saturated carbocycles. The molecule has 0 aliphatic rings. The summed E-state index contributed by atoms with van der Waals surface area (Å²) in [5.41, 5.74) is 0. The van der Waals surface area contributed by atoms with Crippen LogP contribution in [0.15, 0.2) is 12.2 Å². The molecule has 348 valence electrons. The van der Waals surface area contributed by atoms with E-state index in [0.29, 0.717) is 19.3 Å². The van der Waals surface area contributed by atoms with Crippen LogP contribution >= 0.6 is 0 Å². The molecule has 6 heteroatoms. The molecule has 0 saturated heterocycles. The lowest BCUT2D eigenvalue weighted by atomic mass is 10.0. The average molecular weight is 833 g/mol. The van der Waals surface area contributed by atoms with Gasteiger partial charge in [0.05, 0.1) is 0 Å². The fraction of sp³-hybridized carbons (Fsp3) is 0.906. The highest BCUT2D eigenvalue weighted by atomic mass is 16.6. The first-order valence-corrected chi connectivity index (χ1v) is 26.2. The summed E-state index contributed by atoms with van der Waals surface area (Å²) in [6.45, 7) is 6.59. The van der Waals surface area contributed by atoms with Crippen molar-refractivity contribution in [3.8, 4) is 0 Å². The Morgan fingerprint density at radius 2 is 0.559 bits per heavy atom. The van der Waals surface area contributed by atoms with Gasteiger partial charge in [-0.05, 0) is 44.9 Å². The second-order valence-corrected chi connectivity index (χ2v) is 17.8. The normalized spacial score (nSPS) is 12.0. The van der Waals surface area contributed by atoms with Crippen LogP contribution in [0.5, 0.6) is 0 Å².